The molecular formula is C14H17N3O3. The molecule has 6 nitrogen and oxygen atoms in total. The van der Waals surface area contributed by atoms with Gasteiger partial charge < -0.3 is 14.8 Å². The fourth-order valence-corrected chi connectivity index (χ4v) is 1.62. The van der Waals surface area contributed by atoms with Crippen molar-refractivity contribution in [2.75, 3.05) is 19.0 Å². The number of amides is 1. The van der Waals surface area contributed by atoms with Gasteiger partial charge in [0, 0.05) is 19.3 Å². The summed E-state index contributed by atoms with van der Waals surface area (Å²) in [6.07, 6.45) is 2.03. The van der Waals surface area contributed by atoms with Gasteiger partial charge in [0.1, 0.15) is 11.5 Å². The lowest BCUT2D eigenvalue weighted by atomic mass is 10.3. The standard InChI is InChI=1S/C14H17N3O3/c1-17-9-7-13(16-17)15-14(18)8-10-20-12-5-3-11(19-2)4-6-12/h3-7,9H,8,10H2,1-2H3,(H,15,16,18). The van der Waals surface area contributed by atoms with Crippen LogP contribution in [0.3, 0.4) is 0 Å². The minimum Gasteiger partial charge on any atom is -0.497 e. The molecule has 1 aromatic heterocycles. The first-order valence-electron chi connectivity index (χ1n) is 6.24. The third kappa shape index (κ3) is 4.01. The molecule has 0 bridgehead atoms. The van der Waals surface area contributed by atoms with Gasteiger partial charge in [-0.15, -0.1) is 0 Å². The van der Waals surface area contributed by atoms with Gasteiger partial charge in [0.2, 0.25) is 5.91 Å². The van der Waals surface area contributed by atoms with E-state index >= 15 is 0 Å². The number of aryl methyl sites for hydroxylation is 1. The Morgan fingerprint density at radius 2 is 1.95 bits per heavy atom. The molecule has 0 saturated heterocycles. The summed E-state index contributed by atoms with van der Waals surface area (Å²) in [5.41, 5.74) is 0. The van der Waals surface area contributed by atoms with Crippen LogP contribution >= 0.6 is 0 Å². The summed E-state index contributed by atoms with van der Waals surface area (Å²) in [5.74, 6) is 1.89. The van der Waals surface area contributed by atoms with E-state index in [9.17, 15) is 4.79 Å². The van der Waals surface area contributed by atoms with Gasteiger partial charge in [0.25, 0.3) is 0 Å². The first kappa shape index (κ1) is 13.9. The first-order chi connectivity index (χ1) is 9.67. The van der Waals surface area contributed by atoms with E-state index in [4.69, 9.17) is 9.47 Å². The van der Waals surface area contributed by atoms with Crippen molar-refractivity contribution in [2.45, 2.75) is 6.42 Å². The van der Waals surface area contributed by atoms with Crippen LogP contribution in [0, 0.1) is 0 Å². The van der Waals surface area contributed by atoms with Crippen molar-refractivity contribution in [2.24, 2.45) is 7.05 Å². The van der Waals surface area contributed by atoms with Crippen LogP contribution in [0.4, 0.5) is 5.82 Å². The number of hydrogen-bond acceptors (Lipinski definition) is 4. The summed E-state index contributed by atoms with van der Waals surface area (Å²) in [4.78, 5) is 11.7. The van der Waals surface area contributed by atoms with E-state index in [0.717, 1.165) is 5.75 Å². The minimum atomic E-state index is -0.128. The lowest BCUT2D eigenvalue weighted by Gasteiger charge is -2.06. The summed E-state index contributed by atoms with van der Waals surface area (Å²) in [6, 6.07) is 8.96. The maximum atomic E-state index is 11.7. The lowest BCUT2D eigenvalue weighted by Crippen LogP contribution is -2.15. The molecule has 20 heavy (non-hydrogen) atoms. The summed E-state index contributed by atoms with van der Waals surface area (Å²) < 4.78 is 12.2. The van der Waals surface area contributed by atoms with Crippen molar-refractivity contribution in [1.29, 1.82) is 0 Å². The number of ether oxygens (including phenoxy) is 2. The molecule has 2 rings (SSSR count). The van der Waals surface area contributed by atoms with E-state index in [2.05, 4.69) is 10.4 Å². The van der Waals surface area contributed by atoms with Gasteiger partial charge in [0.15, 0.2) is 5.82 Å². The Kier molecular flexibility index (Phi) is 4.60. The Morgan fingerprint density at radius 1 is 1.25 bits per heavy atom. The molecule has 106 valence electrons. The molecule has 6 heteroatoms. The fourth-order valence-electron chi connectivity index (χ4n) is 1.62. The number of methoxy groups -OCH3 is 1. The van der Waals surface area contributed by atoms with Gasteiger partial charge in [-0.05, 0) is 24.3 Å². The van der Waals surface area contributed by atoms with Crippen molar-refractivity contribution in [3.05, 3.63) is 36.5 Å². The first-order valence-corrected chi connectivity index (χ1v) is 6.24. The van der Waals surface area contributed by atoms with E-state index in [-0.39, 0.29) is 12.3 Å². The van der Waals surface area contributed by atoms with E-state index in [1.165, 1.54) is 0 Å². The van der Waals surface area contributed by atoms with Crippen LogP contribution in [0.25, 0.3) is 0 Å². The maximum absolute atomic E-state index is 11.7. The molecule has 1 amide bonds. The zero-order valence-corrected chi connectivity index (χ0v) is 11.5. The van der Waals surface area contributed by atoms with Gasteiger partial charge in [-0.3, -0.25) is 9.48 Å². The highest BCUT2D eigenvalue weighted by molar-refractivity contribution is 5.89. The Balaban J connectivity index is 1.73. The van der Waals surface area contributed by atoms with Crippen molar-refractivity contribution >= 4 is 11.7 Å². The molecule has 2 aromatic rings. The second-order valence-corrected chi connectivity index (χ2v) is 4.20. The number of anilines is 1. The average molecular weight is 275 g/mol. The average Bonchev–Trinajstić information content (AvgIpc) is 2.85. The van der Waals surface area contributed by atoms with Crippen molar-refractivity contribution in [1.82, 2.24) is 9.78 Å². The molecule has 1 heterocycles. The molecule has 0 atom stereocenters. The van der Waals surface area contributed by atoms with Crippen LogP contribution in [0.1, 0.15) is 6.42 Å². The van der Waals surface area contributed by atoms with E-state index in [0.29, 0.717) is 18.2 Å². The largest absolute Gasteiger partial charge is 0.497 e. The number of rotatable bonds is 6. The third-order valence-corrected chi connectivity index (χ3v) is 2.64. The van der Waals surface area contributed by atoms with Gasteiger partial charge in [-0.25, -0.2) is 0 Å². The maximum Gasteiger partial charge on any atom is 0.229 e. The summed E-state index contributed by atoms with van der Waals surface area (Å²) in [7, 11) is 3.40. The number of nitrogens with one attached hydrogen (secondary N) is 1. The second-order valence-electron chi connectivity index (χ2n) is 4.20. The Morgan fingerprint density at radius 3 is 2.55 bits per heavy atom. The van der Waals surface area contributed by atoms with E-state index in [1.807, 2.05) is 12.1 Å². The molecule has 0 radical (unpaired) electrons. The zero-order valence-electron chi connectivity index (χ0n) is 11.5. The van der Waals surface area contributed by atoms with Gasteiger partial charge in [-0.1, -0.05) is 0 Å². The molecule has 0 unspecified atom stereocenters. The number of aromatic nitrogens is 2. The SMILES string of the molecule is COc1ccc(OCCC(=O)Nc2ccn(C)n2)cc1. The van der Waals surface area contributed by atoms with E-state index < -0.39 is 0 Å². The minimum absolute atomic E-state index is 0.128. The molecule has 1 aromatic carbocycles. The summed E-state index contributed by atoms with van der Waals surface area (Å²) >= 11 is 0. The second kappa shape index (κ2) is 6.60. The molecule has 0 spiro atoms. The summed E-state index contributed by atoms with van der Waals surface area (Å²) in [6.45, 7) is 0.311. The molecule has 1 N–H and O–H groups in total. The molecular weight excluding hydrogens is 258 g/mol. The normalized spacial score (nSPS) is 10.1. The highest BCUT2D eigenvalue weighted by atomic mass is 16.5. The molecule has 0 fully saturated rings. The predicted molar refractivity (Wildman–Crippen MR) is 74.9 cm³/mol. The quantitative estimate of drug-likeness (QED) is 0.873. The fraction of sp³-hybridized carbons (Fsp3) is 0.286. The summed E-state index contributed by atoms with van der Waals surface area (Å²) in [5, 5.41) is 6.76. The predicted octanol–water partition coefficient (Wildman–Crippen LogP) is 1.84. The highest BCUT2D eigenvalue weighted by Crippen LogP contribution is 2.17. The number of carbonyl (C=O) groups is 1. The van der Waals surface area contributed by atoms with Gasteiger partial charge >= 0.3 is 0 Å². The zero-order chi connectivity index (χ0) is 14.4. The molecule has 0 aliphatic carbocycles. The topological polar surface area (TPSA) is 65.4 Å². The Hall–Kier alpha value is -2.50. The van der Waals surface area contributed by atoms with Crippen molar-refractivity contribution < 1.29 is 14.3 Å². The number of carbonyl (C=O) groups excluding carboxylic acids is 1. The molecule has 0 aliphatic rings. The lowest BCUT2D eigenvalue weighted by molar-refractivity contribution is -0.116. The number of nitrogens with zero attached hydrogens (tertiary/aromatic N) is 2. The van der Waals surface area contributed by atoms with Crippen LogP contribution in [0.2, 0.25) is 0 Å². The van der Waals surface area contributed by atoms with Gasteiger partial charge in [-0.2, -0.15) is 5.10 Å². The van der Waals surface area contributed by atoms with Crippen LogP contribution in [-0.4, -0.2) is 29.4 Å². The van der Waals surface area contributed by atoms with E-state index in [1.54, 1.807) is 43.2 Å². The third-order valence-electron chi connectivity index (χ3n) is 2.64. The van der Waals surface area contributed by atoms with Crippen LogP contribution in [0.15, 0.2) is 36.5 Å². The monoisotopic (exact) mass is 275 g/mol. The Labute approximate surface area is 117 Å². The number of benzene rings is 1. The van der Waals surface area contributed by atoms with Crippen LogP contribution in [0.5, 0.6) is 11.5 Å². The Bertz CT molecular complexity index is 563. The number of hydrogen-bond donors (Lipinski definition) is 1. The molecule has 0 saturated carbocycles. The smallest absolute Gasteiger partial charge is 0.229 e. The highest BCUT2D eigenvalue weighted by Gasteiger charge is 2.05. The molecule has 0 aliphatic heterocycles. The van der Waals surface area contributed by atoms with Crippen LogP contribution in [-0.2, 0) is 11.8 Å². The van der Waals surface area contributed by atoms with Crippen LogP contribution < -0.4 is 14.8 Å². The van der Waals surface area contributed by atoms with Crippen molar-refractivity contribution in [3.63, 3.8) is 0 Å². The van der Waals surface area contributed by atoms with Gasteiger partial charge in [0.05, 0.1) is 20.1 Å². The van der Waals surface area contributed by atoms with Crippen molar-refractivity contribution in [3.8, 4) is 11.5 Å².